The van der Waals surface area contributed by atoms with Crippen LogP contribution in [0.5, 0.6) is 0 Å². The van der Waals surface area contributed by atoms with E-state index >= 15 is 0 Å². The summed E-state index contributed by atoms with van der Waals surface area (Å²) in [4.78, 5) is 11.8. The topological polar surface area (TPSA) is 49.3 Å². The van der Waals surface area contributed by atoms with Gasteiger partial charge in [-0.25, -0.2) is 0 Å². The minimum atomic E-state index is -0.330. The summed E-state index contributed by atoms with van der Waals surface area (Å²) in [6, 6.07) is 9.75. The third kappa shape index (κ3) is 5.00. The number of amides is 1. The van der Waals surface area contributed by atoms with Crippen molar-refractivity contribution >= 4 is 5.91 Å². The number of rotatable bonds is 6. The van der Waals surface area contributed by atoms with Gasteiger partial charge in [0, 0.05) is 6.54 Å². The van der Waals surface area contributed by atoms with Gasteiger partial charge in [-0.15, -0.1) is 0 Å². The maximum Gasteiger partial charge on any atom is 0.225 e. The molecule has 1 amide bonds. The Bertz CT molecular complexity index is 335. The summed E-state index contributed by atoms with van der Waals surface area (Å²) in [5, 5.41) is 12.0. The molecule has 1 aromatic rings. The minimum Gasteiger partial charge on any atom is -0.396 e. The highest BCUT2D eigenvalue weighted by molar-refractivity contribution is 5.78. The zero-order chi connectivity index (χ0) is 12.7. The first-order chi connectivity index (χ1) is 8.13. The van der Waals surface area contributed by atoms with Gasteiger partial charge in [-0.1, -0.05) is 44.2 Å². The van der Waals surface area contributed by atoms with E-state index in [0.29, 0.717) is 13.0 Å². The zero-order valence-corrected chi connectivity index (χ0v) is 10.4. The molecule has 2 N–H and O–H groups in total. The van der Waals surface area contributed by atoms with Gasteiger partial charge in [-0.2, -0.15) is 0 Å². The Morgan fingerprint density at radius 2 is 1.94 bits per heavy atom. The molecule has 0 aliphatic carbocycles. The number of carbonyl (C=O) groups excluding carboxylic acids is 1. The lowest BCUT2D eigenvalue weighted by Gasteiger charge is -2.16. The third-order valence-corrected chi connectivity index (χ3v) is 2.56. The molecule has 93 valence electrons. The molecule has 3 nitrogen and oxygen atoms in total. The molecule has 0 spiro atoms. The number of nitrogens with one attached hydrogen (secondary N) is 1. The van der Waals surface area contributed by atoms with Crippen LogP contribution < -0.4 is 5.32 Å². The molecule has 0 aliphatic rings. The van der Waals surface area contributed by atoms with E-state index in [2.05, 4.69) is 5.32 Å². The number of aliphatic hydroxyl groups excluding tert-OH is 1. The SMILES string of the molecule is C[C](C)C[C@H](CO)C(=O)NCc1ccccc1. The first kappa shape index (κ1) is 13.7. The average Bonchev–Trinajstić information content (AvgIpc) is 2.34. The fourth-order valence-electron chi connectivity index (χ4n) is 1.66. The summed E-state index contributed by atoms with van der Waals surface area (Å²) in [5.74, 6) is 0.736. The molecule has 0 aliphatic heterocycles. The Labute approximate surface area is 103 Å². The van der Waals surface area contributed by atoms with Gasteiger partial charge < -0.3 is 10.4 Å². The Morgan fingerprint density at radius 1 is 1.29 bits per heavy atom. The summed E-state index contributed by atoms with van der Waals surface area (Å²) in [5.41, 5.74) is 1.06. The Kier molecular flexibility index (Phi) is 5.70. The molecule has 0 heterocycles. The minimum absolute atomic E-state index is 0.0856. The van der Waals surface area contributed by atoms with Gasteiger partial charge in [0.1, 0.15) is 0 Å². The van der Waals surface area contributed by atoms with Crippen LogP contribution in [0.4, 0.5) is 0 Å². The zero-order valence-electron chi connectivity index (χ0n) is 10.4. The number of benzene rings is 1. The van der Waals surface area contributed by atoms with E-state index < -0.39 is 0 Å². The van der Waals surface area contributed by atoms with Gasteiger partial charge in [0.05, 0.1) is 12.5 Å². The van der Waals surface area contributed by atoms with Crippen LogP contribution in [0.25, 0.3) is 0 Å². The Balaban J connectivity index is 2.42. The summed E-state index contributed by atoms with van der Waals surface area (Å²) in [6.07, 6.45) is 0.636. The van der Waals surface area contributed by atoms with Crippen molar-refractivity contribution in [1.29, 1.82) is 0 Å². The van der Waals surface area contributed by atoms with Crippen LogP contribution >= 0.6 is 0 Å². The number of hydrogen-bond acceptors (Lipinski definition) is 2. The average molecular weight is 234 g/mol. The largest absolute Gasteiger partial charge is 0.396 e. The molecular weight excluding hydrogens is 214 g/mol. The molecule has 0 fully saturated rings. The Morgan fingerprint density at radius 3 is 2.47 bits per heavy atom. The first-order valence-electron chi connectivity index (χ1n) is 5.85. The molecule has 1 aromatic carbocycles. The summed E-state index contributed by atoms with van der Waals surface area (Å²) in [6.45, 7) is 4.34. The molecule has 1 radical (unpaired) electrons. The fourth-order valence-corrected chi connectivity index (χ4v) is 1.66. The van der Waals surface area contributed by atoms with Crippen molar-refractivity contribution in [3.63, 3.8) is 0 Å². The molecule has 0 saturated heterocycles. The van der Waals surface area contributed by atoms with Crippen molar-refractivity contribution in [3.05, 3.63) is 41.8 Å². The molecule has 0 saturated carbocycles. The maximum absolute atomic E-state index is 11.8. The van der Waals surface area contributed by atoms with E-state index in [0.717, 1.165) is 11.5 Å². The van der Waals surface area contributed by atoms with Crippen LogP contribution in [0.3, 0.4) is 0 Å². The second-order valence-corrected chi connectivity index (χ2v) is 4.49. The van der Waals surface area contributed by atoms with Crippen LogP contribution in [0.2, 0.25) is 0 Å². The highest BCUT2D eigenvalue weighted by atomic mass is 16.3. The standard InChI is InChI=1S/C14H20NO2/c1-11(2)8-13(10-16)14(17)15-9-12-6-4-3-5-7-12/h3-7,13,16H,8-10H2,1-2H3,(H,15,17)/t13-/m1/s1. The molecule has 0 unspecified atom stereocenters. The molecular formula is C14H20NO2. The smallest absolute Gasteiger partial charge is 0.225 e. The quantitative estimate of drug-likeness (QED) is 0.790. The highest BCUT2D eigenvalue weighted by Crippen LogP contribution is 2.13. The second kappa shape index (κ2) is 7.07. The van der Waals surface area contributed by atoms with Crippen LogP contribution in [0, 0.1) is 11.8 Å². The van der Waals surface area contributed by atoms with Crippen LogP contribution in [-0.4, -0.2) is 17.6 Å². The molecule has 0 aromatic heterocycles. The van der Waals surface area contributed by atoms with E-state index in [9.17, 15) is 4.79 Å². The second-order valence-electron chi connectivity index (χ2n) is 4.49. The van der Waals surface area contributed by atoms with Crippen LogP contribution in [0.15, 0.2) is 30.3 Å². The molecule has 3 heteroatoms. The van der Waals surface area contributed by atoms with Gasteiger partial charge >= 0.3 is 0 Å². The van der Waals surface area contributed by atoms with Crippen molar-refractivity contribution < 1.29 is 9.90 Å². The van der Waals surface area contributed by atoms with Crippen molar-refractivity contribution in [1.82, 2.24) is 5.32 Å². The molecule has 17 heavy (non-hydrogen) atoms. The molecule has 1 atom stereocenters. The van der Waals surface area contributed by atoms with Gasteiger partial charge in [0.15, 0.2) is 0 Å². The van der Waals surface area contributed by atoms with Crippen LogP contribution in [0.1, 0.15) is 25.8 Å². The number of carbonyl (C=O) groups is 1. The molecule has 1 rings (SSSR count). The fraction of sp³-hybridized carbons (Fsp3) is 0.429. The molecule has 0 bridgehead atoms. The Hall–Kier alpha value is -1.35. The van der Waals surface area contributed by atoms with Crippen molar-refractivity contribution in [2.24, 2.45) is 5.92 Å². The summed E-state index contributed by atoms with van der Waals surface area (Å²) < 4.78 is 0. The first-order valence-corrected chi connectivity index (χ1v) is 5.85. The lowest BCUT2D eigenvalue weighted by molar-refractivity contribution is -0.126. The predicted octanol–water partition coefficient (Wildman–Crippen LogP) is 1.92. The van der Waals surface area contributed by atoms with E-state index in [4.69, 9.17) is 5.11 Å². The predicted molar refractivity (Wildman–Crippen MR) is 68.1 cm³/mol. The van der Waals surface area contributed by atoms with Crippen LogP contribution in [-0.2, 0) is 11.3 Å². The van der Waals surface area contributed by atoms with Crippen molar-refractivity contribution in [2.45, 2.75) is 26.8 Å². The normalized spacial score (nSPS) is 12.5. The summed E-state index contributed by atoms with van der Waals surface area (Å²) >= 11 is 0. The summed E-state index contributed by atoms with van der Waals surface area (Å²) in [7, 11) is 0. The maximum atomic E-state index is 11.8. The number of aliphatic hydroxyl groups is 1. The van der Waals surface area contributed by atoms with Gasteiger partial charge in [-0.05, 0) is 17.9 Å². The third-order valence-electron chi connectivity index (χ3n) is 2.56. The number of hydrogen-bond donors (Lipinski definition) is 2. The van der Waals surface area contributed by atoms with Crippen molar-refractivity contribution in [2.75, 3.05) is 6.61 Å². The van der Waals surface area contributed by atoms with E-state index in [1.54, 1.807) is 0 Å². The van der Waals surface area contributed by atoms with Gasteiger partial charge in [0.25, 0.3) is 0 Å². The van der Waals surface area contributed by atoms with E-state index in [-0.39, 0.29) is 18.4 Å². The van der Waals surface area contributed by atoms with Gasteiger partial charge in [-0.3, -0.25) is 4.79 Å². The highest BCUT2D eigenvalue weighted by Gasteiger charge is 2.18. The lowest BCUT2D eigenvalue weighted by Crippen LogP contribution is -2.32. The monoisotopic (exact) mass is 234 g/mol. The van der Waals surface area contributed by atoms with E-state index in [1.165, 1.54) is 0 Å². The van der Waals surface area contributed by atoms with Crippen molar-refractivity contribution in [3.8, 4) is 0 Å². The van der Waals surface area contributed by atoms with Gasteiger partial charge in [0.2, 0.25) is 5.91 Å². The lowest BCUT2D eigenvalue weighted by atomic mass is 9.97. The van der Waals surface area contributed by atoms with E-state index in [1.807, 2.05) is 44.2 Å².